The Labute approximate surface area is 93.0 Å². The maximum Gasteiger partial charge on any atom is 0.224 e. The van der Waals surface area contributed by atoms with Crippen LogP contribution in [0.1, 0.15) is 12.8 Å². The molecule has 0 N–H and O–H groups in total. The molecule has 14 heavy (non-hydrogen) atoms. The Hall–Kier alpha value is -0.480. The monoisotopic (exact) mass is 229 g/mol. The van der Waals surface area contributed by atoms with E-state index in [2.05, 4.69) is 20.5 Å². The molecule has 0 amide bonds. The van der Waals surface area contributed by atoms with E-state index in [-0.39, 0.29) is 0 Å². The number of aromatic nitrogens is 2. The van der Waals surface area contributed by atoms with Gasteiger partial charge < -0.3 is 4.31 Å². The molecule has 5 heteroatoms. The molecule has 0 unspecified atom stereocenters. The van der Waals surface area contributed by atoms with Gasteiger partial charge in [0.15, 0.2) is 0 Å². The fourth-order valence-corrected chi connectivity index (χ4v) is 2.05. The molecule has 76 valence electrons. The number of hydrogen-bond acceptors (Lipinski definition) is 4. The number of nitrogens with zero attached hydrogens (tertiary/aromatic N) is 3. The van der Waals surface area contributed by atoms with E-state index in [1.807, 2.05) is 6.07 Å². The zero-order valence-electron chi connectivity index (χ0n) is 7.98. The maximum absolute atomic E-state index is 5.74. The molecule has 1 fully saturated rings. The van der Waals surface area contributed by atoms with Crippen molar-refractivity contribution in [2.45, 2.75) is 12.8 Å². The average molecular weight is 230 g/mol. The molecule has 0 spiro atoms. The Morgan fingerprint density at radius 2 is 2.43 bits per heavy atom. The lowest BCUT2D eigenvalue weighted by molar-refractivity contribution is 0.839. The highest BCUT2D eigenvalue weighted by Gasteiger charge is 2.24. The summed E-state index contributed by atoms with van der Waals surface area (Å²) in [7, 11) is 0. The first-order chi connectivity index (χ1) is 6.79. The highest BCUT2D eigenvalue weighted by atomic mass is 35.5. The van der Waals surface area contributed by atoms with E-state index in [0.29, 0.717) is 5.28 Å². The first-order valence-electron chi connectivity index (χ1n) is 4.60. The van der Waals surface area contributed by atoms with Crippen molar-refractivity contribution in [2.75, 3.05) is 17.1 Å². The van der Waals surface area contributed by atoms with Crippen molar-refractivity contribution in [3.8, 4) is 0 Å². The summed E-state index contributed by atoms with van der Waals surface area (Å²) in [5, 5.41) is 0.317. The van der Waals surface area contributed by atoms with Crippen LogP contribution in [0.4, 0.5) is 5.82 Å². The Kier molecular flexibility index (Phi) is 3.13. The zero-order chi connectivity index (χ0) is 9.97. The molecular formula is C9H12ClN3S. The number of rotatable bonds is 4. The highest BCUT2D eigenvalue weighted by molar-refractivity contribution is 7.99. The highest BCUT2D eigenvalue weighted by Crippen LogP contribution is 2.33. The number of halogens is 1. The van der Waals surface area contributed by atoms with Crippen LogP contribution < -0.4 is 4.31 Å². The SMILES string of the molecule is CSN(CC1CC1)c1ccnc(Cl)n1. The van der Waals surface area contributed by atoms with E-state index in [9.17, 15) is 0 Å². The molecule has 0 radical (unpaired) electrons. The van der Waals surface area contributed by atoms with E-state index in [1.165, 1.54) is 12.8 Å². The summed E-state index contributed by atoms with van der Waals surface area (Å²) >= 11 is 7.42. The van der Waals surface area contributed by atoms with E-state index in [0.717, 1.165) is 18.3 Å². The van der Waals surface area contributed by atoms with E-state index >= 15 is 0 Å². The van der Waals surface area contributed by atoms with Crippen LogP contribution >= 0.6 is 23.5 Å². The third kappa shape index (κ3) is 2.51. The zero-order valence-corrected chi connectivity index (χ0v) is 9.55. The normalized spacial score (nSPS) is 15.6. The van der Waals surface area contributed by atoms with Crippen LogP contribution in [0.25, 0.3) is 0 Å². The van der Waals surface area contributed by atoms with Crippen molar-refractivity contribution in [1.82, 2.24) is 9.97 Å². The van der Waals surface area contributed by atoms with E-state index in [1.54, 1.807) is 18.1 Å². The van der Waals surface area contributed by atoms with Crippen molar-refractivity contribution in [3.05, 3.63) is 17.5 Å². The van der Waals surface area contributed by atoms with Gasteiger partial charge in [-0.1, -0.05) is 11.9 Å². The summed E-state index contributed by atoms with van der Waals surface area (Å²) in [6.45, 7) is 1.06. The van der Waals surface area contributed by atoms with Gasteiger partial charge in [0.25, 0.3) is 0 Å². The standard InChI is InChI=1S/C9H12ClN3S/c1-14-13(6-7-2-3-7)8-4-5-11-9(10)12-8/h4-5,7H,2-3,6H2,1H3. The Balaban J connectivity index is 2.08. The molecule has 0 atom stereocenters. The maximum atomic E-state index is 5.74. The second-order valence-electron chi connectivity index (χ2n) is 3.37. The molecule has 1 aromatic heterocycles. The molecule has 1 aromatic rings. The molecule has 1 aliphatic carbocycles. The van der Waals surface area contributed by atoms with Gasteiger partial charge in [-0.05, 0) is 30.4 Å². The predicted molar refractivity (Wildman–Crippen MR) is 60.6 cm³/mol. The molecule has 0 aliphatic heterocycles. The summed E-state index contributed by atoms with van der Waals surface area (Å²) in [5.74, 6) is 1.75. The summed E-state index contributed by atoms with van der Waals surface area (Å²) < 4.78 is 2.17. The van der Waals surface area contributed by atoms with E-state index in [4.69, 9.17) is 11.6 Å². The lowest BCUT2D eigenvalue weighted by Gasteiger charge is -2.19. The molecule has 3 nitrogen and oxygen atoms in total. The van der Waals surface area contributed by atoms with Crippen molar-refractivity contribution < 1.29 is 0 Å². The molecule has 0 bridgehead atoms. The van der Waals surface area contributed by atoms with Gasteiger partial charge in [-0.15, -0.1) is 0 Å². The summed E-state index contributed by atoms with van der Waals surface area (Å²) in [6.07, 6.45) is 6.44. The summed E-state index contributed by atoms with van der Waals surface area (Å²) in [6, 6.07) is 1.89. The van der Waals surface area contributed by atoms with Crippen LogP contribution in [-0.4, -0.2) is 22.8 Å². The first kappa shape index (κ1) is 10.1. The van der Waals surface area contributed by atoms with E-state index < -0.39 is 0 Å². The van der Waals surface area contributed by atoms with Crippen molar-refractivity contribution in [3.63, 3.8) is 0 Å². The van der Waals surface area contributed by atoms with Crippen molar-refractivity contribution >= 4 is 29.4 Å². The smallest absolute Gasteiger partial charge is 0.224 e. The molecule has 2 rings (SSSR count). The molecule has 0 aromatic carbocycles. The first-order valence-corrected chi connectivity index (χ1v) is 6.16. The van der Waals surface area contributed by atoms with Crippen LogP contribution in [0.5, 0.6) is 0 Å². The fraction of sp³-hybridized carbons (Fsp3) is 0.556. The van der Waals surface area contributed by atoms with Gasteiger partial charge in [0.1, 0.15) is 5.82 Å². The van der Waals surface area contributed by atoms with Crippen LogP contribution in [-0.2, 0) is 0 Å². The topological polar surface area (TPSA) is 29.0 Å². The number of hydrogen-bond donors (Lipinski definition) is 0. The molecular weight excluding hydrogens is 218 g/mol. The Bertz CT molecular complexity index is 317. The molecule has 0 saturated heterocycles. The third-order valence-corrected chi connectivity index (χ3v) is 3.17. The second-order valence-corrected chi connectivity index (χ2v) is 4.51. The van der Waals surface area contributed by atoms with Gasteiger partial charge in [-0.25, -0.2) is 4.98 Å². The minimum absolute atomic E-state index is 0.317. The quantitative estimate of drug-likeness (QED) is 0.586. The summed E-state index contributed by atoms with van der Waals surface area (Å²) in [5.41, 5.74) is 0. The van der Waals surface area contributed by atoms with Crippen LogP contribution in [0.15, 0.2) is 12.3 Å². The Morgan fingerprint density at radius 3 is 3.00 bits per heavy atom. The Morgan fingerprint density at radius 1 is 1.64 bits per heavy atom. The third-order valence-electron chi connectivity index (χ3n) is 2.21. The number of anilines is 1. The second kappa shape index (κ2) is 4.36. The van der Waals surface area contributed by atoms with Gasteiger partial charge in [0.2, 0.25) is 5.28 Å². The molecule has 1 aliphatic rings. The summed E-state index contributed by atoms with van der Waals surface area (Å²) in [4.78, 5) is 8.05. The van der Waals surface area contributed by atoms with Gasteiger partial charge >= 0.3 is 0 Å². The predicted octanol–water partition coefficient (Wildman–Crippen LogP) is 2.62. The van der Waals surface area contributed by atoms with Crippen LogP contribution in [0, 0.1) is 5.92 Å². The van der Waals surface area contributed by atoms with Gasteiger partial charge in [-0.3, -0.25) is 0 Å². The fourth-order valence-electron chi connectivity index (χ4n) is 1.26. The van der Waals surface area contributed by atoms with Crippen molar-refractivity contribution in [1.29, 1.82) is 0 Å². The molecule has 1 saturated carbocycles. The average Bonchev–Trinajstić information content (AvgIpc) is 2.98. The van der Waals surface area contributed by atoms with Crippen LogP contribution in [0.3, 0.4) is 0 Å². The van der Waals surface area contributed by atoms with Crippen molar-refractivity contribution in [2.24, 2.45) is 5.92 Å². The van der Waals surface area contributed by atoms with Crippen LogP contribution in [0.2, 0.25) is 5.28 Å². The van der Waals surface area contributed by atoms with Gasteiger partial charge in [0.05, 0.1) is 0 Å². The minimum atomic E-state index is 0.317. The molecule has 1 heterocycles. The lowest BCUT2D eigenvalue weighted by atomic mass is 10.4. The van der Waals surface area contributed by atoms with Gasteiger partial charge in [0, 0.05) is 25.1 Å². The lowest BCUT2D eigenvalue weighted by Crippen LogP contribution is -2.18. The van der Waals surface area contributed by atoms with Gasteiger partial charge in [-0.2, -0.15) is 4.98 Å². The minimum Gasteiger partial charge on any atom is -0.300 e. The largest absolute Gasteiger partial charge is 0.300 e.